The summed E-state index contributed by atoms with van der Waals surface area (Å²) in [6.45, 7) is 0. The van der Waals surface area contributed by atoms with Crippen molar-refractivity contribution in [2.75, 3.05) is 20.0 Å². The molecule has 0 spiro atoms. The molecule has 0 fully saturated rings. The molecule has 0 aliphatic carbocycles. The number of rotatable bonds is 4. The van der Waals surface area contributed by atoms with Gasteiger partial charge in [-0.05, 0) is 12.1 Å². The van der Waals surface area contributed by atoms with E-state index in [2.05, 4.69) is 0 Å². The molecule has 0 saturated heterocycles. The van der Waals surface area contributed by atoms with Gasteiger partial charge in [-0.25, -0.2) is 0 Å². The predicted octanol–water partition coefficient (Wildman–Crippen LogP) is 2.95. The molecule has 0 saturated carbocycles. The largest absolute Gasteiger partial charge is 0.496 e. The van der Waals surface area contributed by atoms with E-state index in [-0.39, 0.29) is 0 Å². The van der Waals surface area contributed by atoms with Gasteiger partial charge in [-0.3, -0.25) is 0 Å². The van der Waals surface area contributed by atoms with Crippen LogP contribution in [0.25, 0.3) is 0 Å². The third-order valence-electron chi connectivity index (χ3n) is 2.70. The van der Waals surface area contributed by atoms with Gasteiger partial charge < -0.3 is 19.9 Å². The zero-order chi connectivity index (χ0) is 14.5. The summed E-state index contributed by atoms with van der Waals surface area (Å²) in [4.78, 5) is 0. The maximum Gasteiger partial charge on any atom is 0.151 e. The fourth-order valence-electron chi connectivity index (χ4n) is 1.66. The normalized spacial score (nSPS) is 9.65. The Morgan fingerprint density at radius 1 is 0.950 bits per heavy atom. The third kappa shape index (κ3) is 2.93. The summed E-state index contributed by atoms with van der Waals surface area (Å²) in [5, 5.41) is 8.90. The summed E-state index contributed by atoms with van der Waals surface area (Å²) in [5.74, 6) is 2.14. The summed E-state index contributed by atoms with van der Waals surface area (Å²) in [7, 11) is 3.12. The van der Waals surface area contributed by atoms with Gasteiger partial charge in [0, 0.05) is 24.3 Å². The van der Waals surface area contributed by atoms with Crippen molar-refractivity contribution in [2.45, 2.75) is 0 Å². The second-order valence-corrected chi connectivity index (χ2v) is 4.01. The third-order valence-corrected chi connectivity index (χ3v) is 2.70. The van der Waals surface area contributed by atoms with Crippen LogP contribution in [-0.4, -0.2) is 14.2 Å². The molecule has 0 bridgehead atoms. The highest BCUT2D eigenvalue weighted by Crippen LogP contribution is 2.33. The van der Waals surface area contributed by atoms with Crippen molar-refractivity contribution in [1.29, 1.82) is 5.26 Å². The summed E-state index contributed by atoms with van der Waals surface area (Å²) in [6.07, 6.45) is 0. The molecule has 2 N–H and O–H groups in total. The highest BCUT2D eigenvalue weighted by atomic mass is 16.5. The summed E-state index contributed by atoms with van der Waals surface area (Å²) in [6, 6.07) is 12.0. The van der Waals surface area contributed by atoms with E-state index in [0.717, 1.165) is 0 Å². The SMILES string of the molecule is COc1cc(OC)cc(Oc2cc(C#N)ccc2N)c1. The molecular formula is C15H14N2O3. The highest BCUT2D eigenvalue weighted by molar-refractivity contribution is 5.58. The van der Waals surface area contributed by atoms with Crippen LogP contribution in [0.2, 0.25) is 0 Å². The Kier molecular flexibility index (Phi) is 3.96. The van der Waals surface area contributed by atoms with Gasteiger partial charge in [-0.2, -0.15) is 5.26 Å². The molecule has 0 aliphatic heterocycles. The predicted molar refractivity (Wildman–Crippen MR) is 75.2 cm³/mol. The number of ether oxygens (including phenoxy) is 3. The maximum atomic E-state index is 8.90. The van der Waals surface area contributed by atoms with Crippen LogP contribution in [0.4, 0.5) is 5.69 Å². The molecule has 2 rings (SSSR count). The Morgan fingerprint density at radius 3 is 2.10 bits per heavy atom. The van der Waals surface area contributed by atoms with Crippen molar-refractivity contribution < 1.29 is 14.2 Å². The van der Waals surface area contributed by atoms with Crippen LogP contribution in [0.15, 0.2) is 36.4 Å². The first-order valence-electron chi connectivity index (χ1n) is 5.87. The quantitative estimate of drug-likeness (QED) is 0.864. The van der Waals surface area contributed by atoms with Gasteiger partial charge in [-0.1, -0.05) is 0 Å². The minimum Gasteiger partial charge on any atom is -0.496 e. The average Bonchev–Trinajstić information content (AvgIpc) is 2.49. The van der Waals surface area contributed by atoms with Crippen molar-refractivity contribution in [2.24, 2.45) is 0 Å². The highest BCUT2D eigenvalue weighted by Gasteiger charge is 2.07. The number of hydrogen-bond acceptors (Lipinski definition) is 5. The topological polar surface area (TPSA) is 77.5 Å². The Labute approximate surface area is 117 Å². The second kappa shape index (κ2) is 5.85. The van der Waals surface area contributed by atoms with Gasteiger partial charge in [0.05, 0.1) is 31.5 Å². The number of nitrogen functional groups attached to an aromatic ring is 1. The molecule has 0 radical (unpaired) electrons. The summed E-state index contributed by atoms with van der Waals surface area (Å²) >= 11 is 0. The van der Waals surface area contributed by atoms with Crippen LogP contribution in [-0.2, 0) is 0 Å². The van der Waals surface area contributed by atoms with E-state index in [4.69, 9.17) is 25.2 Å². The molecule has 2 aromatic carbocycles. The van der Waals surface area contributed by atoms with Crippen molar-refractivity contribution >= 4 is 5.69 Å². The number of nitriles is 1. The van der Waals surface area contributed by atoms with Crippen molar-refractivity contribution in [3.63, 3.8) is 0 Å². The summed E-state index contributed by atoms with van der Waals surface area (Å²) < 4.78 is 16.0. The number of nitrogens with zero attached hydrogens (tertiary/aromatic N) is 1. The number of hydrogen-bond donors (Lipinski definition) is 1. The number of nitrogens with two attached hydrogens (primary N) is 1. The Bertz CT molecular complexity index is 640. The molecule has 0 aliphatic rings. The first kappa shape index (κ1) is 13.6. The minimum absolute atomic E-state index is 0.416. The monoisotopic (exact) mass is 270 g/mol. The molecule has 0 unspecified atom stereocenters. The molecule has 5 nitrogen and oxygen atoms in total. The Morgan fingerprint density at radius 2 is 1.55 bits per heavy atom. The smallest absolute Gasteiger partial charge is 0.151 e. The van der Waals surface area contributed by atoms with E-state index >= 15 is 0 Å². The van der Waals surface area contributed by atoms with Gasteiger partial charge in [0.15, 0.2) is 5.75 Å². The van der Waals surface area contributed by atoms with E-state index in [1.807, 2.05) is 6.07 Å². The Hall–Kier alpha value is -2.87. The van der Waals surface area contributed by atoms with Crippen LogP contribution < -0.4 is 19.9 Å². The average molecular weight is 270 g/mol. The lowest BCUT2D eigenvalue weighted by atomic mass is 10.2. The van der Waals surface area contributed by atoms with Crippen LogP contribution in [0, 0.1) is 11.3 Å². The van der Waals surface area contributed by atoms with E-state index in [1.54, 1.807) is 50.6 Å². The standard InChI is InChI=1S/C15H14N2O3/c1-18-11-6-12(19-2)8-13(7-11)20-15-5-10(9-16)3-4-14(15)17/h3-8H,17H2,1-2H3. The van der Waals surface area contributed by atoms with Gasteiger partial charge in [0.2, 0.25) is 0 Å². The van der Waals surface area contributed by atoms with E-state index in [9.17, 15) is 0 Å². The Balaban J connectivity index is 2.36. The van der Waals surface area contributed by atoms with E-state index in [0.29, 0.717) is 34.2 Å². The molecule has 102 valence electrons. The first-order chi connectivity index (χ1) is 9.66. The molecule has 0 atom stereocenters. The molecule has 20 heavy (non-hydrogen) atoms. The lowest BCUT2D eigenvalue weighted by Gasteiger charge is -2.11. The van der Waals surface area contributed by atoms with E-state index in [1.165, 1.54) is 0 Å². The zero-order valence-electron chi connectivity index (χ0n) is 11.2. The number of anilines is 1. The molecule has 0 heterocycles. The molecular weight excluding hydrogens is 256 g/mol. The molecule has 2 aromatic rings. The van der Waals surface area contributed by atoms with Crippen molar-refractivity contribution in [3.05, 3.63) is 42.0 Å². The fraction of sp³-hybridized carbons (Fsp3) is 0.133. The van der Waals surface area contributed by atoms with Crippen LogP contribution in [0.1, 0.15) is 5.56 Å². The molecule has 0 aromatic heterocycles. The maximum absolute atomic E-state index is 8.90. The fourth-order valence-corrected chi connectivity index (χ4v) is 1.66. The number of methoxy groups -OCH3 is 2. The lowest BCUT2D eigenvalue weighted by molar-refractivity contribution is 0.386. The summed E-state index contributed by atoms with van der Waals surface area (Å²) in [5.41, 5.74) is 6.76. The lowest BCUT2D eigenvalue weighted by Crippen LogP contribution is -1.94. The van der Waals surface area contributed by atoms with E-state index < -0.39 is 0 Å². The first-order valence-corrected chi connectivity index (χ1v) is 5.87. The molecule has 5 heteroatoms. The minimum atomic E-state index is 0.416. The van der Waals surface area contributed by atoms with Crippen molar-refractivity contribution in [1.82, 2.24) is 0 Å². The van der Waals surface area contributed by atoms with Crippen LogP contribution >= 0.6 is 0 Å². The van der Waals surface area contributed by atoms with Gasteiger partial charge in [-0.15, -0.1) is 0 Å². The van der Waals surface area contributed by atoms with Gasteiger partial charge in [0.25, 0.3) is 0 Å². The van der Waals surface area contributed by atoms with Crippen LogP contribution in [0.3, 0.4) is 0 Å². The number of benzene rings is 2. The van der Waals surface area contributed by atoms with Crippen LogP contribution in [0.5, 0.6) is 23.0 Å². The zero-order valence-corrected chi connectivity index (χ0v) is 11.2. The van der Waals surface area contributed by atoms with Gasteiger partial charge in [0.1, 0.15) is 17.2 Å². The second-order valence-electron chi connectivity index (χ2n) is 4.01. The van der Waals surface area contributed by atoms with Crippen molar-refractivity contribution in [3.8, 4) is 29.1 Å². The molecule has 0 amide bonds. The van der Waals surface area contributed by atoms with Gasteiger partial charge >= 0.3 is 0 Å².